The van der Waals surface area contributed by atoms with Crippen LogP contribution in [-0.4, -0.2) is 48.8 Å². The Morgan fingerprint density at radius 2 is 1.06 bits per heavy atom. The molecule has 1 unspecified atom stereocenters. The lowest BCUT2D eigenvalue weighted by molar-refractivity contribution is -0.942. The molecule has 3 saturated heterocycles. The maximum Gasteiger partial charge on any atom is 0.472 e. The van der Waals surface area contributed by atoms with Gasteiger partial charge in [-0.3, -0.25) is 9.05 Å². The fourth-order valence-corrected chi connectivity index (χ4v) is 6.44. The molecule has 6 heteroatoms. The van der Waals surface area contributed by atoms with Crippen molar-refractivity contribution in [3.05, 3.63) is 0 Å². The van der Waals surface area contributed by atoms with Crippen molar-refractivity contribution in [2.45, 2.75) is 129 Å². The first-order valence-corrected chi connectivity index (χ1v) is 16.0. The topological polar surface area (TPSA) is 55.8 Å². The first-order chi connectivity index (χ1) is 16.1. The molecule has 0 aromatic heterocycles. The second-order valence-electron chi connectivity index (χ2n) is 10.9. The van der Waals surface area contributed by atoms with E-state index >= 15 is 0 Å². The molecule has 2 bridgehead atoms. The molecule has 3 aliphatic heterocycles. The minimum absolute atomic E-state index is 0.327. The predicted molar refractivity (Wildman–Crippen MR) is 138 cm³/mol. The van der Waals surface area contributed by atoms with Gasteiger partial charge in [0.25, 0.3) is 0 Å². The van der Waals surface area contributed by atoms with Crippen LogP contribution in [0.15, 0.2) is 0 Å². The Morgan fingerprint density at radius 1 is 0.667 bits per heavy atom. The third kappa shape index (κ3) is 13.7. The Kier molecular flexibility index (Phi) is 15.5. The van der Waals surface area contributed by atoms with Gasteiger partial charge in [0, 0.05) is 0 Å². The third-order valence-electron chi connectivity index (χ3n) is 8.11. The van der Waals surface area contributed by atoms with Crippen LogP contribution in [0, 0.1) is 5.92 Å². The number of fused-ring (bicyclic) bond motifs is 3. The number of hydrogen-bond donors (Lipinski definition) is 1. The smallest absolute Gasteiger partial charge is 0.322 e. The van der Waals surface area contributed by atoms with Gasteiger partial charge in [0.2, 0.25) is 0 Å². The summed E-state index contributed by atoms with van der Waals surface area (Å²) in [7, 11) is -3.89. The lowest BCUT2D eigenvalue weighted by Gasteiger charge is -2.49. The molecule has 3 aliphatic rings. The molecular formula is C27H55NO4P+. The molecular weight excluding hydrogens is 433 g/mol. The third-order valence-corrected chi connectivity index (χ3v) is 9.13. The van der Waals surface area contributed by atoms with Crippen LogP contribution in [0.4, 0.5) is 0 Å². The monoisotopic (exact) mass is 488 g/mol. The SMILES string of the molecule is CCCCCCCCCCCCCCCCCCOP(=O)(O)OCC[N+]12CCC(CC1)CC2. The van der Waals surface area contributed by atoms with Crippen molar-refractivity contribution in [1.82, 2.24) is 0 Å². The van der Waals surface area contributed by atoms with E-state index in [9.17, 15) is 9.46 Å². The molecule has 0 saturated carbocycles. The summed E-state index contributed by atoms with van der Waals surface area (Å²) in [6, 6.07) is 0. The molecule has 196 valence electrons. The zero-order chi connectivity index (χ0) is 23.7. The highest BCUT2D eigenvalue weighted by Crippen LogP contribution is 2.43. The van der Waals surface area contributed by atoms with Gasteiger partial charge in [-0.1, -0.05) is 103 Å². The summed E-state index contributed by atoms with van der Waals surface area (Å²) in [6.07, 6.45) is 25.1. The van der Waals surface area contributed by atoms with Gasteiger partial charge >= 0.3 is 7.82 Å². The highest BCUT2D eigenvalue weighted by Gasteiger charge is 2.39. The number of hydrogen-bond acceptors (Lipinski definition) is 3. The van der Waals surface area contributed by atoms with Gasteiger partial charge in [-0.15, -0.1) is 0 Å². The summed E-state index contributed by atoms with van der Waals surface area (Å²) in [5.74, 6) is 0.929. The molecule has 0 amide bonds. The van der Waals surface area contributed by atoms with Crippen LogP contribution in [0.1, 0.15) is 129 Å². The Morgan fingerprint density at radius 3 is 1.52 bits per heavy atom. The molecule has 1 N–H and O–H groups in total. The summed E-state index contributed by atoms with van der Waals surface area (Å²) in [6.45, 7) is 7.42. The van der Waals surface area contributed by atoms with E-state index < -0.39 is 7.82 Å². The zero-order valence-electron chi connectivity index (χ0n) is 21.8. The predicted octanol–water partition coefficient (Wildman–Crippen LogP) is 8.01. The summed E-state index contributed by atoms with van der Waals surface area (Å²) in [5.41, 5.74) is 0. The molecule has 0 aromatic rings. The van der Waals surface area contributed by atoms with Crippen molar-refractivity contribution in [1.29, 1.82) is 0 Å². The van der Waals surface area contributed by atoms with Crippen molar-refractivity contribution in [2.24, 2.45) is 5.92 Å². The average molecular weight is 489 g/mol. The Balaban J connectivity index is 1.31. The molecule has 0 aliphatic carbocycles. The van der Waals surface area contributed by atoms with E-state index in [1.807, 2.05) is 0 Å². The number of nitrogens with zero attached hydrogens (tertiary/aromatic N) is 1. The van der Waals surface area contributed by atoms with Crippen molar-refractivity contribution in [3.63, 3.8) is 0 Å². The van der Waals surface area contributed by atoms with E-state index in [0.717, 1.165) is 29.8 Å². The number of quaternary nitrogens is 1. The maximum atomic E-state index is 12.1. The Hall–Kier alpha value is 0.0700. The molecule has 1 atom stereocenters. The fraction of sp³-hybridized carbons (Fsp3) is 1.00. The summed E-state index contributed by atoms with van der Waals surface area (Å²) in [4.78, 5) is 9.94. The molecule has 0 aromatic carbocycles. The van der Waals surface area contributed by atoms with E-state index in [0.29, 0.717) is 13.2 Å². The molecule has 3 fully saturated rings. The Bertz CT molecular complexity index is 508. The molecule has 5 nitrogen and oxygen atoms in total. The average Bonchev–Trinajstić information content (AvgIpc) is 2.82. The fourth-order valence-electron chi connectivity index (χ4n) is 5.69. The van der Waals surface area contributed by atoms with E-state index in [2.05, 4.69) is 6.92 Å². The van der Waals surface area contributed by atoms with Gasteiger partial charge in [-0.05, 0) is 31.6 Å². The van der Waals surface area contributed by atoms with Crippen LogP contribution >= 0.6 is 7.82 Å². The lowest BCUT2D eigenvalue weighted by Crippen LogP contribution is -2.59. The minimum atomic E-state index is -3.89. The minimum Gasteiger partial charge on any atom is -0.322 e. The van der Waals surface area contributed by atoms with E-state index in [1.165, 1.54) is 129 Å². The first kappa shape index (κ1) is 29.3. The largest absolute Gasteiger partial charge is 0.472 e. The van der Waals surface area contributed by atoms with Crippen molar-refractivity contribution in [2.75, 3.05) is 39.4 Å². The van der Waals surface area contributed by atoms with Crippen molar-refractivity contribution in [3.8, 4) is 0 Å². The molecule has 3 rings (SSSR count). The molecule has 33 heavy (non-hydrogen) atoms. The number of piperidine rings is 3. The first-order valence-electron chi connectivity index (χ1n) is 14.5. The summed E-state index contributed by atoms with van der Waals surface area (Å²) < 4.78 is 23.7. The van der Waals surface area contributed by atoms with Crippen LogP contribution in [0.3, 0.4) is 0 Å². The van der Waals surface area contributed by atoms with Gasteiger partial charge < -0.3 is 9.38 Å². The van der Waals surface area contributed by atoms with Crippen molar-refractivity contribution < 1.29 is 23.0 Å². The highest BCUT2D eigenvalue weighted by atomic mass is 31.2. The second-order valence-corrected chi connectivity index (χ2v) is 12.4. The zero-order valence-corrected chi connectivity index (χ0v) is 22.7. The number of rotatable bonds is 22. The standard InChI is InChI=1S/C27H54NO4P/c1-2-3-4-5-6-7-8-9-10-11-12-13-14-15-16-17-25-31-33(29,30)32-26-24-28-21-18-27(19-22-28)20-23-28/h27H,2-26H2,1H3/p+1. The van der Waals surface area contributed by atoms with Gasteiger partial charge in [-0.2, -0.15) is 0 Å². The second kappa shape index (κ2) is 17.5. The Labute approximate surface area is 205 Å². The quantitative estimate of drug-likeness (QED) is 0.0952. The van der Waals surface area contributed by atoms with Gasteiger partial charge in [-0.25, -0.2) is 4.57 Å². The number of unbranched alkanes of at least 4 members (excludes halogenated alkanes) is 15. The van der Waals surface area contributed by atoms with Gasteiger partial charge in [0.05, 0.1) is 26.2 Å². The number of phosphoric acid groups is 1. The molecule has 3 heterocycles. The summed E-state index contributed by atoms with van der Waals surface area (Å²) >= 11 is 0. The highest BCUT2D eigenvalue weighted by molar-refractivity contribution is 7.47. The maximum absolute atomic E-state index is 12.1. The van der Waals surface area contributed by atoms with E-state index in [1.54, 1.807) is 0 Å². The van der Waals surface area contributed by atoms with Crippen LogP contribution in [0.5, 0.6) is 0 Å². The van der Waals surface area contributed by atoms with Crippen LogP contribution in [-0.2, 0) is 13.6 Å². The van der Waals surface area contributed by atoms with Crippen LogP contribution in [0.25, 0.3) is 0 Å². The lowest BCUT2D eigenvalue weighted by atomic mass is 9.86. The van der Waals surface area contributed by atoms with E-state index in [-0.39, 0.29) is 0 Å². The van der Waals surface area contributed by atoms with E-state index in [4.69, 9.17) is 9.05 Å². The van der Waals surface area contributed by atoms with Gasteiger partial charge in [0.1, 0.15) is 13.2 Å². The van der Waals surface area contributed by atoms with Crippen LogP contribution < -0.4 is 0 Å². The normalized spacial score (nSPS) is 24.2. The van der Waals surface area contributed by atoms with Crippen molar-refractivity contribution >= 4 is 7.82 Å². The summed E-state index contributed by atoms with van der Waals surface area (Å²) in [5, 5.41) is 0. The molecule has 0 radical (unpaired) electrons. The number of phosphoric ester groups is 1. The van der Waals surface area contributed by atoms with Crippen LogP contribution in [0.2, 0.25) is 0 Å². The van der Waals surface area contributed by atoms with Gasteiger partial charge in [0.15, 0.2) is 0 Å². The molecule has 0 spiro atoms.